The number of hydrogen-bond acceptors (Lipinski definition) is 4. The normalized spacial score (nSPS) is 18.6. The predicted octanol–water partition coefficient (Wildman–Crippen LogP) is 2.86. The zero-order valence-corrected chi connectivity index (χ0v) is 11.1. The van der Waals surface area contributed by atoms with Crippen molar-refractivity contribution in [3.63, 3.8) is 0 Å². The van der Waals surface area contributed by atoms with Crippen LogP contribution in [0.15, 0.2) is 5.38 Å². The fraction of sp³-hybridized carbons (Fsp3) is 0.667. The van der Waals surface area contributed by atoms with E-state index in [1.807, 2.05) is 0 Å². The van der Waals surface area contributed by atoms with Gasteiger partial charge in [-0.05, 0) is 24.7 Å². The first-order chi connectivity index (χ1) is 8.10. The average Bonchev–Trinajstić information content (AvgIpc) is 2.96. The second-order valence-corrected chi connectivity index (χ2v) is 5.54. The van der Waals surface area contributed by atoms with Crippen LogP contribution < -0.4 is 4.90 Å². The second-order valence-electron chi connectivity index (χ2n) is 4.70. The molecule has 2 heterocycles. The van der Waals surface area contributed by atoms with Crippen LogP contribution in [0.25, 0.3) is 0 Å². The molecule has 0 radical (unpaired) electrons. The van der Waals surface area contributed by atoms with Gasteiger partial charge in [-0.15, -0.1) is 11.3 Å². The van der Waals surface area contributed by atoms with Crippen molar-refractivity contribution in [2.75, 3.05) is 18.0 Å². The Morgan fingerprint density at radius 2 is 2.29 bits per heavy atom. The first kappa shape index (κ1) is 12.4. The third kappa shape index (κ3) is 2.29. The molecule has 1 aromatic rings. The lowest BCUT2D eigenvalue weighted by Gasteiger charge is -2.26. The van der Waals surface area contributed by atoms with Crippen molar-refractivity contribution in [2.45, 2.75) is 33.1 Å². The van der Waals surface area contributed by atoms with Gasteiger partial charge in [0, 0.05) is 18.5 Å². The Morgan fingerprint density at radius 3 is 2.76 bits per heavy atom. The highest BCUT2D eigenvalue weighted by molar-refractivity contribution is 7.13. The lowest BCUT2D eigenvalue weighted by molar-refractivity contribution is 0.0691. The van der Waals surface area contributed by atoms with Gasteiger partial charge in [0.15, 0.2) is 10.8 Å². The summed E-state index contributed by atoms with van der Waals surface area (Å²) >= 11 is 1.43. The van der Waals surface area contributed by atoms with Crippen LogP contribution in [-0.2, 0) is 0 Å². The fourth-order valence-corrected chi connectivity index (χ4v) is 3.26. The summed E-state index contributed by atoms with van der Waals surface area (Å²) in [6.07, 6.45) is 3.54. The van der Waals surface area contributed by atoms with Crippen LogP contribution in [0.3, 0.4) is 0 Å². The first-order valence-electron chi connectivity index (χ1n) is 6.04. The Kier molecular flexibility index (Phi) is 3.38. The van der Waals surface area contributed by atoms with Gasteiger partial charge in [-0.2, -0.15) is 0 Å². The number of anilines is 1. The van der Waals surface area contributed by atoms with Crippen molar-refractivity contribution in [1.29, 1.82) is 0 Å². The van der Waals surface area contributed by atoms with E-state index >= 15 is 0 Å². The minimum atomic E-state index is -0.941. The van der Waals surface area contributed by atoms with E-state index in [0.717, 1.165) is 18.2 Å². The summed E-state index contributed by atoms with van der Waals surface area (Å²) in [7, 11) is 0. The van der Waals surface area contributed by atoms with Crippen LogP contribution in [0.4, 0.5) is 5.13 Å². The molecule has 1 aliphatic rings. The molecule has 1 fully saturated rings. The Hall–Kier alpha value is -1.10. The number of nitrogens with zero attached hydrogens (tertiary/aromatic N) is 2. The summed E-state index contributed by atoms with van der Waals surface area (Å²) in [5.74, 6) is -0.941. The summed E-state index contributed by atoms with van der Waals surface area (Å²) in [5.41, 5.74) is 0.560. The Balaban J connectivity index is 2.12. The molecule has 0 spiro atoms. The maximum Gasteiger partial charge on any atom is 0.355 e. The van der Waals surface area contributed by atoms with Crippen LogP contribution >= 0.6 is 11.3 Å². The molecule has 1 N–H and O–H groups in total. The smallest absolute Gasteiger partial charge is 0.355 e. The van der Waals surface area contributed by atoms with Crippen LogP contribution in [0.5, 0.6) is 0 Å². The SMILES string of the molecule is CCC1(CC)CCN(c2nc(C(=O)O)cs2)C1. The zero-order chi connectivity index (χ0) is 12.5. The molecule has 0 unspecified atom stereocenters. The van der Waals surface area contributed by atoms with Crippen molar-refractivity contribution < 1.29 is 9.90 Å². The summed E-state index contributed by atoms with van der Waals surface area (Å²) < 4.78 is 0. The molecule has 0 saturated carbocycles. The molecule has 0 amide bonds. The van der Waals surface area contributed by atoms with E-state index in [2.05, 4.69) is 23.7 Å². The molecule has 0 bridgehead atoms. The summed E-state index contributed by atoms with van der Waals surface area (Å²) in [5, 5.41) is 11.3. The van der Waals surface area contributed by atoms with E-state index in [0.29, 0.717) is 5.41 Å². The van der Waals surface area contributed by atoms with Gasteiger partial charge in [0.1, 0.15) is 0 Å². The zero-order valence-electron chi connectivity index (χ0n) is 10.3. The van der Waals surface area contributed by atoms with Crippen LogP contribution in [-0.4, -0.2) is 29.1 Å². The van der Waals surface area contributed by atoms with Crippen LogP contribution in [0.2, 0.25) is 0 Å². The fourth-order valence-electron chi connectivity index (χ4n) is 2.43. The number of aromatic nitrogens is 1. The molecule has 0 aliphatic carbocycles. The molecule has 17 heavy (non-hydrogen) atoms. The second kappa shape index (κ2) is 4.64. The van der Waals surface area contributed by atoms with E-state index in [4.69, 9.17) is 5.11 Å². The topological polar surface area (TPSA) is 53.4 Å². The van der Waals surface area contributed by atoms with Gasteiger partial charge in [0.25, 0.3) is 0 Å². The Morgan fingerprint density at radius 1 is 1.59 bits per heavy atom. The van der Waals surface area contributed by atoms with Crippen LogP contribution in [0, 0.1) is 5.41 Å². The van der Waals surface area contributed by atoms with Gasteiger partial charge in [0.05, 0.1) is 0 Å². The molecule has 2 rings (SSSR count). The van der Waals surface area contributed by atoms with E-state index in [1.165, 1.54) is 30.6 Å². The molecule has 0 aromatic carbocycles. The molecule has 94 valence electrons. The molecule has 1 saturated heterocycles. The number of aromatic carboxylic acids is 1. The number of carboxylic acid groups (broad SMARTS) is 1. The Labute approximate surface area is 105 Å². The van der Waals surface area contributed by atoms with E-state index in [1.54, 1.807) is 5.38 Å². The van der Waals surface area contributed by atoms with Crippen molar-refractivity contribution in [2.24, 2.45) is 5.41 Å². The van der Waals surface area contributed by atoms with Crippen molar-refractivity contribution in [3.8, 4) is 0 Å². The van der Waals surface area contributed by atoms with Gasteiger partial charge in [0.2, 0.25) is 0 Å². The lowest BCUT2D eigenvalue weighted by atomic mass is 9.82. The molecular weight excluding hydrogens is 236 g/mol. The number of carboxylic acids is 1. The van der Waals surface area contributed by atoms with E-state index < -0.39 is 5.97 Å². The highest BCUT2D eigenvalue weighted by Crippen LogP contribution is 2.39. The minimum Gasteiger partial charge on any atom is -0.476 e. The molecule has 1 aliphatic heterocycles. The van der Waals surface area contributed by atoms with Gasteiger partial charge >= 0.3 is 5.97 Å². The molecule has 5 heteroatoms. The largest absolute Gasteiger partial charge is 0.476 e. The summed E-state index contributed by atoms with van der Waals surface area (Å²) in [6, 6.07) is 0. The maximum atomic E-state index is 10.8. The first-order valence-corrected chi connectivity index (χ1v) is 6.92. The maximum absolute atomic E-state index is 10.8. The van der Waals surface area contributed by atoms with E-state index in [9.17, 15) is 4.79 Å². The highest BCUT2D eigenvalue weighted by atomic mass is 32.1. The average molecular weight is 254 g/mol. The van der Waals surface area contributed by atoms with Crippen molar-refractivity contribution in [1.82, 2.24) is 4.98 Å². The van der Waals surface area contributed by atoms with E-state index in [-0.39, 0.29) is 5.69 Å². The van der Waals surface area contributed by atoms with Crippen molar-refractivity contribution in [3.05, 3.63) is 11.1 Å². The van der Waals surface area contributed by atoms with Gasteiger partial charge < -0.3 is 10.0 Å². The Bertz CT molecular complexity index is 412. The molecule has 1 aromatic heterocycles. The third-order valence-corrected chi connectivity index (χ3v) is 4.82. The summed E-state index contributed by atoms with van der Waals surface area (Å²) in [6.45, 7) is 6.47. The number of carbonyl (C=O) groups is 1. The number of rotatable bonds is 4. The van der Waals surface area contributed by atoms with Crippen molar-refractivity contribution >= 4 is 22.4 Å². The summed E-state index contributed by atoms with van der Waals surface area (Å²) in [4.78, 5) is 17.2. The quantitative estimate of drug-likeness (QED) is 0.897. The van der Waals surface area contributed by atoms with Gasteiger partial charge in [-0.1, -0.05) is 13.8 Å². The standard InChI is InChI=1S/C12H18N2O2S/c1-3-12(4-2)5-6-14(8-12)11-13-9(7-17-11)10(15)16/h7H,3-6,8H2,1-2H3,(H,15,16). The molecule has 0 atom stereocenters. The molecular formula is C12H18N2O2S. The molecule has 4 nitrogen and oxygen atoms in total. The van der Waals surface area contributed by atoms with Gasteiger partial charge in [-0.25, -0.2) is 9.78 Å². The monoisotopic (exact) mass is 254 g/mol. The predicted molar refractivity (Wildman–Crippen MR) is 68.9 cm³/mol. The number of thiazole rings is 1. The van der Waals surface area contributed by atoms with Gasteiger partial charge in [-0.3, -0.25) is 0 Å². The lowest BCUT2D eigenvalue weighted by Crippen LogP contribution is -2.26. The third-order valence-electron chi connectivity index (χ3n) is 3.92. The van der Waals surface area contributed by atoms with Crippen LogP contribution in [0.1, 0.15) is 43.6 Å². The number of hydrogen-bond donors (Lipinski definition) is 1. The minimum absolute atomic E-state index is 0.162. The highest BCUT2D eigenvalue weighted by Gasteiger charge is 2.36.